The molecule has 2 aromatic carbocycles. The Labute approximate surface area is 304 Å². The maximum Gasteiger partial charge on any atom is 0.254 e. The molecule has 268 valence electrons. The number of ether oxygens (including phenoxy) is 1. The maximum absolute atomic E-state index is 14.3. The third-order valence-corrected chi connectivity index (χ3v) is 12.3. The molecule has 1 aliphatic carbocycles. The third-order valence-electron chi connectivity index (χ3n) is 10.6. The summed E-state index contributed by atoms with van der Waals surface area (Å²) < 4.78 is 29.3. The van der Waals surface area contributed by atoms with Crippen molar-refractivity contribution in [2.75, 3.05) is 90.0 Å². The fourth-order valence-corrected chi connectivity index (χ4v) is 8.99. The Kier molecular flexibility index (Phi) is 11.4. The first kappa shape index (κ1) is 35.3. The largest absolute Gasteiger partial charge is 0.481 e. The number of allylic oxidation sites excluding steroid dienone is 1. The van der Waals surface area contributed by atoms with Gasteiger partial charge in [0, 0.05) is 97.8 Å². The van der Waals surface area contributed by atoms with Gasteiger partial charge in [-0.05, 0) is 98.6 Å². The number of nitrogens with zero attached hydrogens (tertiary/aromatic N) is 4. The first-order valence-corrected chi connectivity index (χ1v) is 20.3. The number of amides is 1. The Bertz CT molecular complexity index is 1700. The van der Waals surface area contributed by atoms with E-state index in [1.807, 2.05) is 17.0 Å². The summed E-state index contributed by atoms with van der Waals surface area (Å²) in [5.41, 5.74) is 10.2. The first-order valence-electron chi connectivity index (χ1n) is 18.1. The number of hydrogen-bond acceptors (Lipinski definition) is 9. The van der Waals surface area contributed by atoms with Gasteiger partial charge in [-0.1, -0.05) is 18.2 Å². The predicted octanol–water partition coefficient (Wildman–Crippen LogP) is 5.69. The van der Waals surface area contributed by atoms with Crippen molar-refractivity contribution >= 4 is 40.3 Å². The second kappa shape index (κ2) is 16.1. The average molecular weight is 719 g/mol. The number of fused-ring (bicyclic) bond motifs is 4. The highest BCUT2D eigenvalue weighted by Gasteiger charge is 2.36. The van der Waals surface area contributed by atoms with E-state index in [0.29, 0.717) is 5.75 Å². The SMILES string of the molecule is COSCCCN1CCCC2=CC3=C(c4ccccc4C(=O)N4CCN(C)CC4)c4cc5c(cc4OC3C=C21)N(CCCS(=O)OC)CCC5. The molecule has 50 heavy (non-hydrogen) atoms. The van der Waals surface area contributed by atoms with Gasteiger partial charge in [-0.3, -0.25) is 8.98 Å². The molecule has 2 saturated heterocycles. The van der Waals surface area contributed by atoms with Crippen molar-refractivity contribution in [3.63, 3.8) is 0 Å². The van der Waals surface area contributed by atoms with Crippen LogP contribution < -0.4 is 9.64 Å². The smallest absolute Gasteiger partial charge is 0.254 e. The van der Waals surface area contributed by atoms with E-state index in [4.69, 9.17) is 13.1 Å². The lowest BCUT2D eigenvalue weighted by molar-refractivity contribution is 0.0663. The van der Waals surface area contributed by atoms with Gasteiger partial charge in [0.15, 0.2) is 11.1 Å². The third kappa shape index (κ3) is 7.44. The summed E-state index contributed by atoms with van der Waals surface area (Å²) >= 11 is 0.259. The quantitative estimate of drug-likeness (QED) is 0.203. The highest BCUT2D eigenvalue weighted by molar-refractivity contribution is 7.94. The molecule has 4 aliphatic heterocycles. The predicted molar refractivity (Wildman–Crippen MR) is 203 cm³/mol. The molecular weight excluding hydrogens is 669 g/mol. The van der Waals surface area contributed by atoms with Crippen molar-refractivity contribution in [2.24, 2.45) is 0 Å². The van der Waals surface area contributed by atoms with Crippen molar-refractivity contribution in [3.8, 4) is 5.75 Å². The lowest BCUT2D eigenvalue weighted by atomic mass is 9.80. The Morgan fingerprint density at radius 3 is 2.56 bits per heavy atom. The topological polar surface area (TPSA) is 74.8 Å². The van der Waals surface area contributed by atoms with Gasteiger partial charge in [0.1, 0.15) is 11.9 Å². The van der Waals surface area contributed by atoms with Crippen molar-refractivity contribution in [1.29, 1.82) is 0 Å². The molecule has 1 amide bonds. The van der Waals surface area contributed by atoms with Crippen LogP contribution in [0.5, 0.6) is 5.75 Å². The lowest BCUT2D eigenvalue weighted by Gasteiger charge is -2.40. The van der Waals surface area contributed by atoms with E-state index in [1.54, 1.807) is 7.11 Å². The van der Waals surface area contributed by atoms with E-state index in [-0.39, 0.29) is 12.0 Å². The minimum absolute atomic E-state index is 0.0986. The monoisotopic (exact) mass is 718 g/mol. The van der Waals surface area contributed by atoms with Crippen LogP contribution in [0.25, 0.3) is 5.57 Å². The Balaban J connectivity index is 1.31. The fraction of sp³-hybridized carbons (Fsp3) is 0.513. The summed E-state index contributed by atoms with van der Waals surface area (Å²) in [6.45, 7) is 7.00. The first-order chi connectivity index (χ1) is 24.4. The molecule has 4 heterocycles. The van der Waals surface area contributed by atoms with E-state index in [1.165, 1.54) is 41.7 Å². The number of anilines is 1. The summed E-state index contributed by atoms with van der Waals surface area (Å²) in [6.07, 6.45) is 10.5. The van der Waals surface area contributed by atoms with E-state index < -0.39 is 11.1 Å². The lowest BCUT2D eigenvalue weighted by Crippen LogP contribution is -2.47. The van der Waals surface area contributed by atoms with Crippen molar-refractivity contribution in [3.05, 3.63) is 87.6 Å². The number of aryl methyl sites for hydroxylation is 1. The fourth-order valence-electron chi connectivity index (χ4n) is 8.05. The second-order valence-corrected chi connectivity index (χ2v) is 16.1. The van der Waals surface area contributed by atoms with Gasteiger partial charge in [-0.25, -0.2) is 4.21 Å². The number of rotatable bonds is 12. The van der Waals surface area contributed by atoms with Crippen LogP contribution in [-0.2, 0) is 25.9 Å². The molecule has 0 bridgehead atoms. The van der Waals surface area contributed by atoms with E-state index >= 15 is 0 Å². The number of piperazine rings is 1. The number of carbonyl (C=O) groups excluding carboxylic acids is 1. The van der Waals surface area contributed by atoms with Gasteiger partial charge < -0.3 is 28.5 Å². The second-order valence-electron chi connectivity index (χ2n) is 13.8. The van der Waals surface area contributed by atoms with Crippen LogP contribution in [0, 0.1) is 0 Å². The molecule has 2 aromatic rings. The maximum atomic E-state index is 14.3. The Morgan fingerprint density at radius 2 is 1.74 bits per heavy atom. The summed E-state index contributed by atoms with van der Waals surface area (Å²) in [7, 11) is 5.35. The van der Waals surface area contributed by atoms with Crippen molar-refractivity contribution in [1.82, 2.24) is 14.7 Å². The average Bonchev–Trinajstić information content (AvgIpc) is 3.14. The van der Waals surface area contributed by atoms with E-state index in [0.717, 1.165) is 130 Å². The Morgan fingerprint density at radius 1 is 0.960 bits per heavy atom. The zero-order valence-electron chi connectivity index (χ0n) is 29.7. The van der Waals surface area contributed by atoms with Crippen LogP contribution in [0.1, 0.15) is 59.2 Å². The standard InChI is InChI=1S/C39H50N4O5S2/c1-40-18-20-43(21-19-40)39(44)31-13-5-4-12-30(31)38-32-24-28-10-6-14-41(16-8-22-49-46-2)34(28)26-36(32)48-37-27-35-29(25-33(37)38)11-7-15-42(35)17-9-23-50(45)47-3/h4-5,12-13,24-27,36H,6-11,14-23H2,1-3H3. The molecule has 9 nitrogen and oxygen atoms in total. The number of hydrogen-bond donors (Lipinski definition) is 0. The van der Waals surface area contributed by atoms with Gasteiger partial charge >= 0.3 is 0 Å². The number of likely N-dealkylation sites (tertiary alicyclic amines) is 1. The van der Waals surface area contributed by atoms with Crippen LogP contribution in [0.3, 0.4) is 0 Å². The summed E-state index contributed by atoms with van der Waals surface area (Å²) in [4.78, 5) is 23.5. The normalized spacial score (nSPS) is 21.0. The van der Waals surface area contributed by atoms with Crippen LogP contribution >= 0.6 is 12.0 Å². The zero-order valence-corrected chi connectivity index (χ0v) is 31.3. The molecule has 5 aliphatic rings. The van der Waals surface area contributed by atoms with Gasteiger partial charge in [-0.2, -0.15) is 0 Å². The van der Waals surface area contributed by atoms with Crippen molar-refractivity contribution in [2.45, 2.75) is 44.6 Å². The molecule has 7 rings (SSSR count). The molecule has 0 saturated carbocycles. The molecule has 2 atom stereocenters. The van der Waals surface area contributed by atoms with Crippen molar-refractivity contribution < 1.29 is 22.1 Å². The number of likely N-dealkylation sites (N-methyl/N-ethyl adjacent to an activating group) is 1. The minimum atomic E-state index is -1.26. The van der Waals surface area contributed by atoms with Gasteiger partial charge in [-0.15, -0.1) is 0 Å². The summed E-state index contributed by atoms with van der Waals surface area (Å²) in [5.74, 6) is 2.43. The van der Waals surface area contributed by atoms with Crippen LogP contribution in [0.15, 0.2) is 65.4 Å². The van der Waals surface area contributed by atoms with E-state index in [2.05, 4.69) is 58.2 Å². The van der Waals surface area contributed by atoms with Crippen LogP contribution in [0.2, 0.25) is 0 Å². The Hall–Kier alpha value is -3.09. The molecule has 0 N–H and O–H groups in total. The van der Waals surface area contributed by atoms with Gasteiger partial charge in [0.2, 0.25) is 0 Å². The summed E-state index contributed by atoms with van der Waals surface area (Å²) in [6, 6.07) is 12.8. The molecule has 11 heteroatoms. The number of benzene rings is 2. The molecule has 0 radical (unpaired) electrons. The molecular formula is C39H50N4O5S2. The molecule has 0 spiro atoms. The number of piperidine rings is 1. The van der Waals surface area contributed by atoms with Crippen LogP contribution in [-0.4, -0.2) is 116 Å². The minimum Gasteiger partial charge on any atom is -0.481 e. The molecule has 2 fully saturated rings. The van der Waals surface area contributed by atoms with Gasteiger partial charge in [0.05, 0.1) is 20.0 Å². The van der Waals surface area contributed by atoms with Crippen LogP contribution in [0.4, 0.5) is 5.69 Å². The highest BCUT2D eigenvalue weighted by atomic mass is 32.2. The molecule has 0 aromatic heterocycles. The summed E-state index contributed by atoms with van der Waals surface area (Å²) in [5, 5.41) is 0. The van der Waals surface area contributed by atoms with E-state index in [9.17, 15) is 9.00 Å². The zero-order chi connectivity index (χ0) is 34.6. The van der Waals surface area contributed by atoms with Gasteiger partial charge in [0.25, 0.3) is 5.91 Å². The highest BCUT2D eigenvalue weighted by Crippen LogP contribution is 2.48. The molecule has 2 unspecified atom stereocenters. The number of carbonyl (C=O) groups is 1.